The summed E-state index contributed by atoms with van der Waals surface area (Å²) in [6, 6.07) is 4.46. The fourth-order valence-electron chi connectivity index (χ4n) is 5.59. The lowest BCUT2D eigenvalue weighted by molar-refractivity contribution is -0.134. The number of alkyl carbamates (subject to hydrolysis) is 1. The van der Waals surface area contributed by atoms with Crippen molar-refractivity contribution in [1.29, 1.82) is 0 Å². The zero-order valence-corrected chi connectivity index (χ0v) is 26.9. The van der Waals surface area contributed by atoms with Gasteiger partial charge in [0.2, 0.25) is 11.8 Å². The van der Waals surface area contributed by atoms with Crippen molar-refractivity contribution in [3.05, 3.63) is 30.1 Å². The minimum atomic E-state index is -0.938. The normalized spacial score (nSPS) is 17.9. The fourth-order valence-corrected chi connectivity index (χ4v) is 5.59. The minimum Gasteiger partial charge on any atom is -0.444 e. The first-order chi connectivity index (χ1) is 19.8. The Labute approximate surface area is 253 Å². The predicted octanol–water partition coefficient (Wildman–Crippen LogP) is 5.16. The summed E-state index contributed by atoms with van der Waals surface area (Å²) in [5, 5.41) is 20.3. The molecule has 0 aliphatic heterocycles. The van der Waals surface area contributed by atoms with Crippen LogP contribution in [0, 0.1) is 23.7 Å². The highest BCUT2D eigenvalue weighted by Crippen LogP contribution is 2.30. The first-order valence-electron chi connectivity index (χ1n) is 16.0. The molecule has 4 N–H and O–H groups in total. The summed E-state index contributed by atoms with van der Waals surface area (Å²) in [6.07, 6.45) is 8.01. The Balaban J connectivity index is 2.10. The molecule has 1 aliphatic rings. The molecule has 238 valence electrons. The van der Waals surface area contributed by atoms with Gasteiger partial charge in [-0.25, -0.2) is 4.79 Å². The average molecular weight is 589 g/mol. The summed E-state index contributed by atoms with van der Waals surface area (Å²) in [7, 11) is 0. The van der Waals surface area contributed by atoms with E-state index in [2.05, 4.69) is 20.9 Å². The number of hydrogen-bond donors (Lipinski definition) is 4. The Morgan fingerprint density at radius 3 is 2.31 bits per heavy atom. The SMILES string of the molecule is CC[C@H](C)[C@H](NC(=O)[C@H](C[C@H](O)[C@H](CC1CCCCC1)NC(=O)OC(C)(C)C)C(C)C)C(=O)NCCc1ccccn1. The Hall–Kier alpha value is -2.68. The molecule has 5 atom stereocenters. The fraction of sp³-hybridized carbons (Fsp3) is 0.758. The number of ether oxygens (including phenoxy) is 1. The molecule has 0 saturated heterocycles. The maximum absolute atomic E-state index is 13.6. The van der Waals surface area contributed by atoms with Crippen molar-refractivity contribution >= 4 is 17.9 Å². The van der Waals surface area contributed by atoms with Gasteiger partial charge in [0, 0.05) is 30.8 Å². The van der Waals surface area contributed by atoms with E-state index in [1.807, 2.05) is 45.9 Å². The Morgan fingerprint density at radius 2 is 1.74 bits per heavy atom. The molecule has 1 aromatic heterocycles. The van der Waals surface area contributed by atoms with Gasteiger partial charge in [0.25, 0.3) is 0 Å². The molecule has 42 heavy (non-hydrogen) atoms. The molecule has 9 nitrogen and oxygen atoms in total. The highest BCUT2D eigenvalue weighted by molar-refractivity contribution is 5.88. The van der Waals surface area contributed by atoms with Crippen LogP contribution < -0.4 is 16.0 Å². The van der Waals surface area contributed by atoms with Crippen LogP contribution in [-0.2, 0) is 20.7 Å². The lowest BCUT2D eigenvalue weighted by Crippen LogP contribution is -2.53. The quantitative estimate of drug-likeness (QED) is 0.224. The van der Waals surface area contributed by atoms with Crippen molar-refractivity contribution in [2.45, 2.75) is 130 Å². The molecule has 0 spiro atoms. The van der Waals surface area contributed by atoms with Gasteiger partial charge in [0.05, 0.1) is 12.1 Å². The molecule has 3 amide bonds. The van der Waals surface area contributed by atoms with Crippen molar-refractivity contribution in [3.8, 4) is 0 Å². The molecule has 0 radical (unpaired) electrons. The van der Waals surface area contributed by atoms with Crippen LogP contribution in [0.1, 0.15) is 106 Å². The molecular weight excluding hydrogens is 532 g/mol. The number of nitrogens with zero attached hydrogens (tertiary/aromatic N) is 1. The third kappa shape index (κ3) is 12.7. The lowest BCUT2D eigenvalue weighted by atomic mass is 9.81. The van der Waals surface area contributed by atoms with Crippen LogP contribution in [0.25, 0.3) is 0 Å². The van der Waals surface area contributed by atoms with Gasteiger partial charge in [-0.2, -0.15) is 0 Å². The summed E-state index contributed by atoms with van der Waals surface area (Å²) in [6.45, 7) is 13.7. The van der Waals surface area contributed by atoms with Crippen molar-refractivity contribution in [3.63, 3.8) is 0 Å². The number of carbonyl (C=O) groups excluding carboxylic acids is 3. The van der Waals surface area contributed by atoms with Crippen LogP contribution in [0.5, 0.6) is 0 Å². The van der Waals surface area contributed by atoms with Crippen molar-refractivity contribution in [2.24, 2.45) is 23.7 Å². The number of aromatic nitrogens is 1. The van der Waals surface area contributed by atoms with Crippen LogP contribution in [0.15, 0.2) is 24.4 Å². The monoisotopic (exact) mass is 588 g/mol. The van der Waals surface area contributed by atoms with E-state index < -0.39 is 35.8 Å². The second-order valence-corrected chi connectivity index (χ2v) is 13.4. The molecule has 9 heteroatoms. The maximum atomic E-state index is 13.6. The Morgan fingerprint density at radius 1 is 1.05 bits per heavy atom. The first-order valence-corrected chi connectivity index (χ1v) is 16.0. The predicted molar refractivity (Wildman–Crippen MR) is 166 cm³/mol. The smallest absolute Gasteiger partial charge is 0.407 e. The first kappa shape index (κ1) is 35.5. The van der Waals surface area contributed by atoms with Gasteiger partial charge < -0.3 is 25.8 Å². The zero-order chi connectivity index (χ0) is 31.3. The van der Waals surface area contributed by atoms with E-state index in [0.29, 0.717) is 25.3 Å². The van der Waals surface area contributed by atoms with E-state index >= 15 is 0 Å². The number of amides is 3. The summed E-state index contributed by atoms with van der Waals surface area (Å²) in [5.74, 6) is -0.775. The summed E-state index contributed by atoms with van der Waals surface area (Å²) in [4.78, 5) is 43.8. The minimum absolute atomic E-state index is 0.0746. The van der Waals surface area contributed by atoms with Gasteiger partial charge in [-0.1, -0.05) is 72.3 Å². The molecule has 1 heterocycles. The van der Waals surface area contributed by atoms with E-state index in [1.165, 1.54) is 6.42 Å². The van der Waals surface area contributed by atoms with Gasteiger partial charge in [-0.15, -0.1) is 0 Å². The third-order valence-corrected chi connectivity index (χ3v) is 8.32. The van der Waals surface area contributed by atoms with E-state index in [9.17, 15) is 19.5 Å². The lowest BCUT2D eigenvalue weighted by Gasteiger charge is -2.33. The van der Waals surface area contributed by atoms with Crippen LogP contribution in [-0.4, -0.2) is 58.3 Å². The summed E-state index contributed by atoms with van der Waals surface area (Å²) in [5.41, 5.74) is 0.229. The van der Waals surface area contributed by atoms with Gasteiger partial charge >= 0.3 is 6.09 Å². The molecule has 1 saturated carbocycles. The Bertz CT molecular complexity index is 959. The van der Waals surface area contributed by atoms with Crippen molar-refractivity contribution in [2.75, 3.05) is 6.54 Å². The summed E-state index contributed by atoms with van der Waals surface area (Å²) >= 11 is 0. The topological polar surface area (TPSA) is 130 Å². The zero-order valence-electron chi connectivity index (χ0n) is 26.9. The molecule has 0 bridgehead atoms. The van der Waals surface area contributed by atoms with Gasteiger partial charge in [-0.05, 0) is 63.5 Å². The molecular formula is C33H56N4O5. The summed E-state index contributed by atoms with van der Waals surface area (Å²) < 4.78 is 5.50. The van der Waals surface area contributed by atoms with E-state index in [0.717, 1.165) is 37.8 Å². The van der Waals surface area contributed by atoms with E-state index in [1.54, 1.807) is 27.0 Å². The number of carbonyl (C=O) groups is 3. The number of aliphatic hydroxyl groups excluding tert-OH is 1. The van der Waals surface area contributed by atoms with Crippen LogP contribution >= 0.6 is 0 Å². The molecule has 2 rings (SSSR count). The molecule has 1 fully saturated rings. The largest absolute Gasteiger partial charge is 0.444 e. The Kier molecular flexibility index (Phi) is 14.7. The van der Waals surface area contributed by atoms with E-state index in [4.69, 9.17) is 4.74 Å². The van der Waals surface area contributed by atoms with Crippen LogP contribution in [0.2, 0.25) is 0 Å². The standard InChI is InChI=1S/C33H56N4O5/c1-8-23(4)29(31(40)35-19-17-25-16-12-13-18-34-25)37-30(39)26(22(2)3)21-28(38)27(20-24-14-10-9-11-15-24)36-32(41)42-33(5,6)7/h12-13,16,18,22-24,26-29,38H,8-11,14-15,17,19-21H2,1-7H3,(H,35,40)(H,36,41)(H,37,39)/t23-,26+,27-,28-,29-/m0/s1. The third-order valence-electron chi connectivity index (χ3n) is 8.32. The molecule has 1 aromatic rings. The number of rotatable bonds is 15. The number of nitrogens with one attached hydrogen (secondary N) is 3. The van der Waals surface area contributed by atoms with E-state index in [-0.39, 0.29) is 30.1 Å². The van der Waals surface area contributed by atoms with Gasteiger partial charge in [0.1, 0.15) is 11.6 Å². The number of pyridine rings is 1. The highest BCUT2D eigenvalue weighted by atomic mass is 16.6. The highest BCUT2D eigenvalue weighted by Gasteiger charge is 2.35. The van der Waals surface area contributed by atoms with Crippen LogP contribution in [0.4, 0.5) is 4.79 Å². The average Bonchev–Trinajstić information content (AvgIpc) is 2.93. The number of aliphatic hydroxyl groups is 1. The second-order valence-electron chi connectivity index (χ2n) is 13.4. The van der Waals surface area contributed by atoms with Gasteiger partial charge in [-0.3, -0.25) is 14.6 Å². The maximum Gasteiger partial charge on any atom is 0.407 e. The second kappa shape index (κ2) is 17.4. The molecule has 0 aromatic carbocycles. The molecule has 0 unspecified atom stereocenters. The number of hydrogen-bond acceptors (Lipinski definition) is 6. The van der Waals surface area contributed by atoms with Gasteiger partial charge in [0.15, 0.2) is 0 Å². The van der Waals surface area contributed by atoms with Crippen molar-refractivity contribution < 1.29 is 24.2 Å². The molecule has 1 aliphatic carbocycles. The van der Waals surface area contributed by atoms with Crippen LogP contribution in [0.3, 0.4) is 0 Å². The van der Waals surface area contributed by atoms with Crippen molar-refractivity contribution in [1.82, 2.24) is 20.9 Å².